The number of H-pyrrole nitrogens is 1. The van der Waals surface area contributed by atoms with E-state index >= 15 is 0 Å². The first-order valence-corrected chi connectivity index (χ1v) is 10.3. The molecule has 0 bridgehead atoms. The van der Waals surface area contributed by atoms with Crippen LogP contribution in [0.3, 0.4) is 0 Å². The van der Waals surface area contributed by atoms with Crippen LogP contribution in [0.25, 0.3) is 11.1 Å². The van der Waals surface area contributed by atoms with Crippen LogP contribution in [0.15, 0.2) is 54.6 Å². The normalized spacial score (nSPS) is 10.5. The van der Waals surface area contributed by atoms with E-state index in [9.17, 15) is 14.4 Å². The monoisotopic (exact) mass is 418 g/mol. The maximum atomic E-state index is 13.0. The molecule has 1 heterocycles. The number of benzene rings is 2. The van der Waals surface area contributed by atoms with Gasteiger partial charge in [-0.3, -0.25) is 9.59 Å². The van der Waals surface area contributed by atoms with Crippen molar-refractivity contribution >= 4 is 17.7 Å². The number of ether oxygens (including phenoxy) is 1. The number of hydrogen-bond acceptors (Lipinski definition) is 4. The fourth-order valence-electron chi connectivity index (χ4n) is 3.42. The van der Waals surface area contributed by atoms with Gasteiger partial charge in [0.05, 0.1) is 12.2 Å². The van der Waals surface area contributed by atoms with Gasteiger partial charge in [0.15, 0.2) is 0 Å². The molecule has 0 aliphatic carbocycles. The molecule has 0 aliphatic heterocycles. The Labute approximate surface area is 181 Å². The lowest BCUT2D eigenvalue weighted by atomic mass is 9.97. The second kappa shape index (κ2) is 9.89. The van der Waals surface area contributed by atoms with E-state index in [1.807, 2.05) is 61.5 Å². The lowest BCUT2D eigenvalue weighted by Gasteiger charge is -2.09. The Morgan fingerprint density at radius 2 is 1.65 bits per heavy atom. The highest BCUT2D eigenvalue weighted by atomic mass is 16.5. The van der Waals surface area contributed by atoms with Crippen molar-refractivity contribution < 1.29 is 19.1 Å². The number of ketones is 1. The molecule has 1 amide bonds. The minimum Gasteiger partial charge on any atom is -0.462 e. The maximum Gasteiger partial charge on any atom is 0.340 e. The van der Waals surface area contributed by atoms with Crippen molar-refractivity contribution in [3.63, 3.8) is 0 Å². The number of hydrogen-bond donors (Lipinski definition) is 2. The zero-order valence-electron chi connectivity index (χ0n) is 18.0. The average molecular weight is 418 g/mol. The van der Waals surface area contributed by atoms with E-state index in [0.717, 1.165) is 11.1 Å². The molecule has 0 spiro atoms. The van der Waals surface area contributed by atoms with Gasteiger partial charge in [-0.25, -0.2) is 4.79 Å². The van der Waals surface area contributed by atoms with Gasteiger partial charge in [0.25, 0.3) is 11.7 Å². The Morgan fingerprint density at radius 1 is 0.968 bits per heavy atom. The molecule has 0 saturated carbocycles. The van der Waals surface area contributed by atoms with Crippen LogP contribution in [0.5, 0.6) is 0 Å². The highest BCUT2D eigenvalue weighted by molar-refractivity contribution is 6.43. The first kappa shape index (κ1) is 22.0. The largest absolute Gasteiger partial charge is 0.462 e. The van der Waals surface area contributed by atoms with Gasteiger partial charge in [0.2, 0.25) is 0 Å². The molecule has 31 heavy (non-hydrogen) atoms. The third-order valence-electron chi connectivity index (χ3n) is 4.98. The van der Waals surface area contributed by atoms with Crippen molar-refractivity contribution in [1.82, 2.24) is 10.3 Å². The summed E-state index contributed by atoms with van der Waals surface area (Å²) in [5.74, 6) is -1.97. The van der Waals surface area contributed by atoms with Crippen LogP contribution in [-0.4, -0.2) is 35.8 Å². The number of aromatic amines is 1. The molecule has 160 valence electrons. The lowest BCUT2D eigenvalue weighted by molar-refractivity contribution is -0.117. The van der Waals surface area contributed by atoms with Crippen molar-refractivity contribution in [3.05, 3.63) is 82.7 Å². The van der Waals surface area contributed by atoms with E-state index in [-0.39, 0.29) is 17.9 Å². The van der Waals surface area contributed by atoms with Crippen LogP contribution in [0.4, 0.5) is 0 Å². The average Bonchev–Trinajstić information content (AvgIpc) is 3.11. The minimum atomic E-state index is -0.721. The molecule has 3 rings (SSSR count). The number of amides is 1. The van der Waals surface area contributed by atoms with Crippen molar-refractivity contribution in [1.29, 1.82) is 0 Å². The Kier molecular flexibility index (Phi) is 7.03. The van der Waals surface area contributed by atoms with Crippen molar-refractivity contribution in [2.75, 3.05) is 13.2 Å². The van der Waals surface area contributed by atoms with E-state index in [0.29, 0.717) is 29.8 Å². The number of carbonyl (C=O) groups is 3. The molecule has 0 atom stereocenters. The highest BCUT2D eigenvalue weighted by Gasteiger charge is 2.29. The van der Waals surface area contributed by atoms with Crippen LogP contribution >= 0.6 is 0 Å². The SMILES string of the molecule is CCOC(=O)c1c(C)[nH]c(C(=O)C(=O)NCCc2ccccc2)c1-c1ccc(C)cc1. The Hall–Kier alpha value is -3.67. The second-order valence-corrected chi connectivity index (χ2v) is 7.28. The molecular formula is C25H26N2O4. The summed E-state index contributed by atoms with van der Waals surface area (Å²) >= 11 is 0. The molecule has 0 unspecified atom stereocenters. The summed E-state index contributed by atoms with van der Waals surface area (Å²) in [5.41, 5.74) is 4.00. The predicted octanol–water partition coefficient (Wildman–Crippen LogP) is 4.02. The Bertz CT molecular complexity index is 1080. The molecule has 0 radical (unpaired) electrons. The topological polar surface area (TPSA) is 88.3 Å². The van der Waals surface area contributed by atoms with Gasteiger partial charge in [0, 0.05) is 17.8 Å². The Balaban J connectivity index is 1.89. The summed E-state index contributed by atoms with van der Waals surface area (Å²) < 4.78 is 5.19. The molecule has 6 nitrogen and oxygen atoms in total. The van der Waals surface area contributed by atoms with Gasteiger partial charge in [-0.05, 0) is 38.3 Å². The second-order valence-electron chi connectivity index (χ2n) is 7.28. The zero-order valence-corrected chi connectivity index (χ0v) is 18.0. The Morgan fingerprint density at radius 3 is 2.29 bits per heavy atom. The van der Waals surface area contributed by atoms with Crippen LogP contribution in [-0.2, 0) is 16.0 Å². The maximum absolute atomic E-state index is 13.0. The summed E-state index contributed by atoms with van der Waals surface area (Å²) in [6, 6.07) is 17.1. The van der Waals surface area contributed by atoms with Crippen LogP contribution in [0.1, 0.15) is 44.6 Å². The number of nitrogens with one attached hydrogen (secondary N) is 2. The van der Waals surface area contributed by atoms with Crippen LogP contribution < -0.4 is 5.32 Å². The third kappa shape index (κ3) is 5.09. The standard InChI is InChI=1S/C25H26N2O4/c1-4-31-25(30)20-17(3)27-22(21(20)19-12-10-16(2)11-13-19)23(28)24(29)26-15-14-18-8-6-5-7-9-18/h5-13,27H,4,14-15H2,1-3H3,(H,26,29). The molecule has 3 aromatic rings. The summed E-state index contributed by atoms with van der Waals surface area (Å²) in [5, 5.41) is 2.68. The number of esters is 1. The third-order valence-corrected chi connectivity index (χ3v) is 4.98. The number of aromatic nitrogens is 1. The highest BCUT2D eigenvalue weighted by Crippen LogP contribution is 2.31. The van der Waals surface area contributed by atoms with E-state index in [1.54, 1.807) is 13.8 Å². The van der Waals surface area contributed by atoms with Gasteiger partial charge in [-0.15, -0.1) is 0 Å². The van der Waals surface area contributed by atoms with E-state index in [4.69, 9.17) is 4.74 Å². The van der Waals surface area contributed by atoms with E-state index < -0.39 is 17.7 Å². The van der Waals surface area contributed by atoms with Crippen molar-refractivity contribution in [2.24, 2.45) is 0 Å². The molecule has 2 aromatic carbocycles. The fourth-order valence-corrected chi connectivity index (χ4v) is 3.42. The number of carbonyl (C=O) groups excluding carboxylic acids is 3. The fraction of sp³-hybridized carbons (Fsp3) is 0.240. The van der Waals surface area contributed by atoms with E-state index in [1.165, 1.54) is 0 Å². The quantitative estimate of drug-likeness (QED) is 0.329. The summed E-state index contributed by atoms with van der Waals surface area (Å²) in [6.45, 7) is 5.90. The first-order chi connectivity index (χ1) is 14.9. The minimum absolute atomic E-state index is 0.0848. The smallest absolute Gasteiger partial charge is 0.340 e. The van der Waals surface area contributed by atoms with Crippen molar-refractivity contribution in [2.45, 2.75) is 27.2 Å². The molecule has 0 aliphatic rings. The summed E-state index contributed by atoms with van der Waals surface area (Å²) in [4.78, 5) is 41.1. The molecule has 0 fully saturated rings. The molecule has 1 aromatic heterocycles. The number of rotatable bonds is 8. The van der Waals surface area contributed by atoms with Gasteiger partial charge in [-0.2, -0.15) is 0 Å². The van der Waals surface area contributed by atoms with Gasteiger partial charge in [-0.1, -0.05) is 60.2 Å². The summed E-state index contributed by atoms with van der Waals surface area (Å²) in [7, 11) is 0. The van der Waals surface area contributed by atoms with Crippen molar-refractivity contribution in [3.8, 4) is 11.1 Å². The van der Waals surface area contributed by atoms with Crippen LogP contribution in [0, 0.1) is 13.8 Å². The summed E-state index contributed by atoms with van der Waals surface area (Å²) in [6.07, 6.45) is 0.614. The number of aryl methyl sites for hydroxylation is 2. The van der Waals surface area contributed by atoms with Gasteiger partial charge < -0.3 is 15.0 Å². The molecule has 6 heteroatoms. The van der Waals surface area contributed by atoms with Gasteiger partial charge >= 0.3 is 5.97 Å². The van der Waals surface area contributed by atoms with Crippen LogP contribution in [0.2, 0.25) is 0 Å². The predicted molar refractivity (Wildman–Crippen MR) is 119 cm³/mol. The van der Waals surface area contributed by atoms with E-state index in [2.05, 4.69) is 10.3 Å². The van der Waals surface area contributed by atoms with Gasteiger partial charge in [0.1, 0.15) is 5.69 Å². The zero-order chi connectivity index (χ0) is 22.4. The molecule has 0 saturated heterocycles. The number of Topliss-reactive ketones (excluding diaryl/α,β-unsaturated/α-hetero) is 1. The molecule has 2 N–H and O–H groups in total. The lowest BCUT2D eigenvalue weighted by Crippen LogP contribution is -2.33. The first-order valence-electron chi connectivity index (χ1n) is 10.3. The molecular weight excluding hydrogens is 392 g/mol.